The van der Waals surface area contributed by atoms with E-state index in [0.717, 1.165) is 32.8 Å². The Balaban J connectivity index is 2.08. The number of rotatable bonds is 3. The number of nitrogens with one attached hydrogen (secondary N) is 2. The van der Waals surface area contributed by atoms with Gasteiger partial charge in [0.2, 0.25) is 0 Å². The second-order valence-electron chi connectivity index (χ2n) is 5.34. The molecular weight excluding hydrogens is 222 g/mol. The molecule has 1 aromatic rings. The van der Waals surface area contributed by atoms with Crippen LogP contribution in [0.5, 0.6) is 0 Å². The van der Waals surface area contributed by atoms with Crippen molar-refractivity contribution in [3.05, 3.63) is 28.3 Å². The van der Waals surface area contributed by atoms with Crippen LogP contribution in [-0.2, 0) is 0 Å². The normalized spacial score (nSPS) is 16.9. The molecule has 0 unspecified atom stereocenters. The maximum Gasteiger partial charge on any atom is 0.0679 e. The number of hydrogen-bond acceptors (Lipinski definition) is 3. The smallest absolute Gasteiger partial charge is 0.0679 e. The number of benzene rings is 1. The highest BCUT2D eigenvalue weighted by molar-refractivity contribution is 5.62. The average Bonchev–Trinajstić information content (AvgIpc) is 2.38. The first kappa shape index (κ1) is 13.4. The number of piperazine rings is 1. The van der Waals surface area contributed by atoms with Crippen LogP contribution in [0.25, 0.3) is 0 Å². The number of hydrogen-bond donors (Lipinski definition) is 2. The Morgan fingerprint density at radius 1 is 1.06 bits per heavy atom. The van der Waals surface area contributed by atoms with Crippen molar-refractivity contribution >= 4 is 5.69 Å². The molecule has 3 heteroatoms. The molecule has 100 valence electrons. The van der Waals surface area contributed by atoms with Gasteiger partial charge >= 0.3 is 0 Å². The highest BCUT2D eigenvalue weighted by Gasteiger charge is 2.11. The second-order valence-corrected chi connectivity index (χ2v) is 5.34. The zero-order valence-electron chi connectivity index (χ0n) is 12.1. The summed E-state index contributed by atoms with van der Waals surface area (Å²) in [6.07, 6.45) is 0. The summed E-state index contributed by atoms with van der Waals surface area (Å²) < 4.78 is 0. The number of nitrogens with zero attached hydrogens (tertiary/aromatic N) is 1. The molecule has 18 heavy (non-hydrogen) atoms. The van der Waals surface area contributed by atoms with Crippen LogP contribution in [0.2, 0.25) is 0 Å². The molecule has 2 rings (SSSR count). The van der Waals surface area contributed by atoms with Crippen LogP contribution in [0, 0.1) is 27.7 Å². The van der Waals surface area contributed by atoms with Gasteiger partial charge in [0.25, 0.3) is 0 Å². The molecule has 1 aliphatic heterocycles. The van der Waals surface area contributed by atoms with E-state index >= 15 is 0 Å². The van der Waals surface area contributed by atoms with Crippen molar-refractivity contribution in [1.29, 1.82) is 0 Å². The Morgan fingerprint density at radius 2 is 1.61 bits per heavy atom. The predicted molar refractivity (Wildman–Crippen MR) is 78.3 cm³/mol. The lowest BCUT2D eigenvalue weighted by Crippen LogP contribution is -2.45. The van der Waals surface area contributed by atoms with Gasteiger partial charge in [-0.1, -0.05) is 6.07 Å². The summed E-state index contributed by atoms with van der Waals surface area (Å²) in [5.41, 5.74) is 6.84. The molecule has 1 aliphatic rings. The van der Waals surface area contributed by atoms with E-state index < -0.39 is 0 Å². The van der Waals surface area contributed by atoms with Gasteiger partial charge < -0.3 is 10.6 Å². The third-order valence-electron chi connectivity index (χ3n) is 4.06. The molecule has 0 atom stereocenters. The Hall–Kier alpha value is -1.06. The van der Waals surface area contributed by atoms with Crippen molar-refractivity contribution in [2.24, 2.45) is 0 Å². The maximum absolute atomic E-state index is 3.63. The van der Waals surface area contributed by atoms with Gasteiger partial charge in [0, 0.05) is 31.9 Å². The minimum absolute atomic E-state index is 0.951. The molecule has 1 aromatic carbocycles. The van der Waals surface area contributed by atoms with Gasteiger partial charge in [0.1, 0.15) is 0 Å². The van der Waals surface area contributed by atoms with Gasteiger partial charge in [-0.3, -0.25) is 4.90 Å². The lowest BCUT2D eigenvalue weighted by molar-refractivity contribution is 0.256. The molecule has 0 amide bonds. The van der Waals surface area contributed by atoms with Crippen LogP contribution in [0.4, 0.5) is 5.69 Å². The van der Waals surface area contributed by atoms with Crippen molar-refractivity contribution in [2.45, 2.75) is 27.7 Å². The largest absolute Gasteiger partial charge is 0.372 e. The molecule has 0 radical (unpaired) electrons. The van der Waals surface area contributed by atoms with E-state index in [4.69, 9.17) is 0 Å². The van der Waals surface area contributed by atoms with Gasteiger partial charge in [-0.25, -0.2) is 0 Å². The SMILES string of the molecule is Cc1cc(C)c(C)c(NCN2CCNCC2)c1C. The van der Waals surface area contributed by atoms with E-state index in [1.807, 2.05) is 0 Å². The van der Waals surface area contributed by atoms with Crippen molar-refractivity contribution in [1.82, 2.24) is 10.2 Å². The summed E-state index contributed by atoms with van der Waals surface area (Å²) in [5, 5.41) is 7.02. The van der Waals surface area contributed by atoms with Gasteiger partial charge in [-0.2, -0.15) is 0 Å². The Morgan fingerprint density at radius 3 is 2.17 bits per heavy atom. The molecule has 0 saturated carbocycles. The van der Waals surface area contributed by atoms with Crippen molar-refractivity contribution in [3.8, 4) is 0 Å². The van der Waals surface area contributed by atoms with Gasteiger partial charge in [-0.05, 0) is 49.9 Å². The van der Waals surface area contributed by atoms with E-state index in [9.17, 15) is 0 Å². The minimum atomic E-state index is 0.951. The minimum Gasteiger partial charge on any atom is -0.372 e. The molecule has 3 nitrogen and oxygen atoms in total. The zero-order chi connectivity index (χ0) is 13.1. The first-order valence-electron chi connectivity index (χ1n) is 6.84. The van der Waals surface area contributed by atoms with Gasteiger partial charge in [0.05, 0.1) is 6.67 Å². The van der Waals surface area contributed by atoms with E-state index in [2.05, 4.69) is 49.3 Å². The molecule has 1 fully saturated rings. The number of aryl methyl sites for hydroxylation is 2. The summed E-state index contributed by atoms with van der Waals surface area (Å²) >= 11 is 0. The van der Waals surface area contributed by atoms with E-state index in [1.165, 1.54) is 27.9 Å². The fourth-order valence-electron chi connectivity index (χ4n) is 2.54. The third-order valence-corrected chi connectivity index (χ3v) is 4.06. The van der Waals surface area contributed by atoms with E-state index in [-0.39, 0.29) is 0 Å². The summed E-state index contributed by atoms with van der Waals surface area (Å²) in [6, 6.07) is 2.28. The Labute approximate surface area is 111 Å². The summed E-state index contributed by atoms with van der Waals surface area (Å²) in [7, 11) is 0. The van der Waals surface area contributed by atoms with Crippen LogP contribution in [0.3, 0.4) is 0 Å². The molecule has 1 saturated heterocycles. The highest BCUT2D eigenvalue weighted by atomic mass is 15.3. The molecule has 2 N–H and O–H groups in total. The number of anilines is 1. The molecule has 0 spiro atoms. The third kappa shape index (κ3) is 2.85. The average molecular weight is 247 g/mol. The lowest BCUT2D eigenvalue weighted by Gasteiger charge is -2.28. The molecule has 0 bridgehead atoms. The standard InChI is InChI=1S/C15H25N3/c1-11-9-12(2)14(4)15(13(11)3)17-10-18-7-5-16-6-8-18/h9,16-17H,5-8,10H2,1-4H3. The Bertz CT molecular complexity index is 394. The molecular formula is C15H25N3. The summed E-state index contributed by atoms with van der Waals surface area (Å²) in [4.78, 5) is 2.47. The van der Waals surface area contributed by atoms with Crippen molar-refractivity contribution < 1.29 is 0 Å². The van der Waals surface area contributed by atoms with Crippen molar-refractivity contribution in [3.63, 3.8) is 0 Å². The van der Waals surface area contributed by atoms with Gasteiger partial charge in [-0.15, -0.1) is 0 Å². The first-order chi connectivity index (χ1) is 8.59. The second kappa shape index (κ2) is 5.72. The van der Waals surface area contributed by atoms with E-state index in [0.29, 0.717) is 0 Å². The molecule has 1 heterocycles. The first-order valence-corrected chi connectivity index (χ1v) is 6.84. The van der Waals surface area contributed by atoms with Crippen LogP contribution in [-0.4, -0.2) is 37.7 Å². The molecule has 0 aromatic heterocycles. The van der Waals surface area contributed by atoms with Crippen molar-refractivity contribution in [2.75, 3.05) is 38.2 Å². The lowest BCUT2D eigenvalue weighted by atomic mass is 9.99. The van der Waals surface area contributed by atoms with Gasteiger partial charge in [0.15, 0.2) is 0 Å². The molecule has 0 aliphatic carbocycles. The van der Waals surface area contributed by atoms with Crippen LogP contribution < -0.4 is 10.6 Å². The van der Waals surface area contributed by atoms with Crippen LogP contribution in [0.15, 0.2) is 6.07 Å². The summed E-state index contributed by atoms with van der Waals surface area (Å²) in [5.74, 6) is 0. The Kier molecular flexibility index (Phi) is 4.25. The monoisotopic (exact) mass is 247 g/mol. The fourth-order valence-corrected chi connectivity index (χ4v) is 2.54. The quantitative estimate of drug-likeness (QED) is 0.857. The zero-order valence-corrected chi connectivity index (χ0v) is 12.1. The van der Waals surface area contributed by atoms with Crippen LogP contribution >= 0.6 is 0 Å². The topological polar surface area (TPSA) is 27.3 Å². The summed E-state index contributed by atoms with van der Waals surface area (Å²) in [6.45, 7) is 14.2. The van der Waals surface area contributed by atoms with Crippen LogP contribution in [0.1, 0.15) is 22.3 Å². The van der Waals surface area contributed by atoms with E-state index in [1.54, 1.807) is 0 Å². The fraction of sp³-hybridized carbons (Fsp3) is 0.600. The highest BCUT2D eigenvalue weighted by Crippen LogP contribution is 2.26. The maximum atomic E-state index is 3.63. The predicted octanol–water partition coefficient (Wildman–Crippen LogP) is 2.19.